The van der Waals surface area contributed by atoms with Crippen LogP contribution in [0.1, 0.15) is 0 Å². The zero-order chi connectivity index (χ0) is 13.2. The first-order valence-electron chi connectivity index (χ1n) is 5.81. The average Bonchev–Trinajstić information content (AvgIpc) is 2.45. The lowest BCUT2D eigenvalue weighted by Crippen LogP contribution is -2.02. The molecule has 0 bridgehead atoms. The van der Waals surface area contributed by atoms with Crippen LogP contribution in [0.3, 0.4) is 0 Å². The molecule has 2 aromatic carbocycles. The van der Waals surface area contributed by atoms with E-state index in [-0.39, 0.29) is 12.0 Å². The quantitative estimate of drug-likeness (QED) is 0.518. The Hall–Kier alpha value is -2.73. The number of ether oxygens (including phenoxy) is 1. The maximum atomic E-state index is 12.3. The first-order chi connectivity index (χ1) is 9.29. The fraction of sp³-hybridized carbons (Fsp3) is 0.0625. The van der Waals surface area contributed by atoms with E-state index in [1.807, 2.05) is 12.1 Å². The highest BCUT2D eigenvalue weighted by Gasteiger charge is 2.07. The zero-order valence-electron chi connectivity index (χ0n) is 10.1. The number of rotatable bonds is 2. The summed E-state index contributed by atoms with van der Waals surface area (Å²) in [4.78, 5) is 12.3. The number of hydrogen-bond donors (Lipinski definition) is 0. The molecule has 0 aliphatic heterocycles. The molecule has 3 aromatic rings. The minimum Gasteiger partial charge on any atom is -0.481 e. The smallest absolute Gasteiger partial charge is 0.200 e. The molecule has 1 aromatic heterocycles. The molecule has 0 spiro atoms. The van der Waals surface area contributed by atoms with Gasteiger partial charge in [-0.15, -0.1) is 6.42 Å². The van der Waals surface area contributed by atoms with E-state index < -0.39 is 0 Å². The van der Waals surface area contributed by atoms with Crippen molar-refractivity contribution in [2.24, 2.45) is 0 Å². The van der Waals surface area contributed by atoms with Gasteiger partial charge in [0.05, 0.1) is 10.8 Å². The Labute approximate surface area is 109 Å². The van der Waals surface area contributed by atoms with Crippen LogP contribution in [0.25, 0.3) is 21.9 Å². The monoisotopic (exact) mass is 250 g/mol. The number of fused-ring (bicyclic) bond motifs is 2. The number of terminal acetylenes is 1. The van der Waals surface area contributed by atoms with E-state index in [0.29, 0.717) is 27.7 Å². The van der Waals surface area contributed by atoms with Crippen LogP contribution in [0.4, 0.5) is 0 Å². The minimum atomic E-state index is -0.0413. The largest absolute Gasteiger partial charge is 0.481 e. The van der Waals surface area contributed by atoms with Crippen molar-refractivity contribution in [3.63, 3.8) is 0 Å². The van der Waals surface area contributed by atoms with E-state index in [0.717, 1.165) is 0 Å². The highest BCUT2D eigenvalue weighted by molar-refractivity contribution is 5.90. The van der Waals surface area contributed by atoms with E-state index in [1.165, 1.54) is 0 Å². The van der Waals surface area contributed by atoms with Gasteiger partial charge in [-0.3, -0.25) is 4.79 Å². The van der Waals surface area contributed by atoms with Gasteiger partial charge in [-0.25, -0.2) is 0 Å². The summed E-state index contributed by atoms with van der Waals surface area (Å²) in [6.07, 6.45) is 5.14. The molecule has 3 heteroatoms. The molecule has 0 amide bonds. The predicted octanol–water partition coefficient (Wildman–Crippen LogP) is 2.96. The summed E-state index contributed by atoms with van der Waals surface area (Å²) in [6.45, 7) is 0.184. The molecule has 0 unspecified atom stereocenters. The number of hydrogen-bond acceptors (Lipinski definition) is 3. The predicted molar refractivity (Wildman–Crippen MR) is 74.3 cm³/mol. The van der Waals surface area contributed by atoms with Crippen LogP contribution in [0.15, 0.2) is 51.7 Å². The Morgan fingerprint density at radius 1 is 1.11 bits per heavy atom. The molecule has 0 radical (unpaired) electrons. The molecule has 0 aliphatic carbocycles. The summed E-state index contributed by atoms with van der Waals surface area (Å²) in [6, 6.07) is 12.3. The van der Waals surface area contributed by atoms with Crippen molar-refractivity contribution >= 4 is 21.9 Å². The van der Waals surface area contributed by atoms with Crippen LogP contribution in [0, 0.1) is 12.3 Å². The normalized spacial score (nSPS) is 10.5. The molecular weight excluding hydrogens is 240 g/mol. The van der Waals surface area contributed by atoms with Gasteiger partial charge >= 0.3 is 0 Å². The van der Waals surface area contributed by atoms with Gasteiger partial charge in [0.1, 0.15) is 23.5 Å². The Balaban J connectivity index is 2.27. The van der Waals surface area contributed by atoms with Crippen molar-refractivity contribution in [3.05, 3.63) is 52.7 Å². The third-order valence-electron chi connectivity index (χ3n) is 2.87. The second kappa shape index (κ2) is 4.51. The van der Waals surface area contributed by atoms with Crippen molar-refractivity contribution in [1.82, 2.24) is 0 Å². The summed E-state index contributed by atoms with van der Waals surface area (Å²) in [5.74, 6) is 2.98. The third kappa shape index (κ3) is 1.94. The van der Waals surface area contributed by atoms with E-state index in [9.17, 15) is 4.79 Å². The molecule has 0 fully saturated rings. The van der Waals surface area contributed by atoms with Crippen molar-refractivity contribution < 1.29 is 9.15 Å². The molecule has 1 heterocycles. The molecule has 0 saturated heterocycles. The van der Waals surface area contributed by atoms with E-state index in [2.05, 4.69) is 5.92 Å². The highest BCUT2D eigenvalue weighted by atomic mass is 16.5. The van der Waals surface area contributed by atoms with Gasteiger partial charge in [-0.05, 0) is 24.3 Å². The molecule has 0 N–H and O–H groups in total. The van der Waals surface area contributed by atoms with Gasteiger partial charge in [0.2, 0.25) is 5.43 Å². The summed E-state index contributed by atoms with van der Waals surface area (Å²) >= 11 is 0. The summed E-state index contributed by atoms with van der Waals surface area (Å²) in [5, 5.41) is 1.11. The van der Waals surface area contributed by atoms with Crippen molar-refractivity contribution in [1.29, 1.82) is 0 Å². The van der Waals surface area contributed by atoms with Crippen LogP contribution >= 0.6 is 0 Å². The Morgan fingerprint density at radius 2 is 1.89 bits per heavy atom. The van der Waals surface area contributed by atoms with E-state index in [1.54, 1.807) is 30.3 Å². The Morgan fingerprint density at radius 3 is 2.74 bits per heavy atom. The fourth-order valence-electron chi connectivity index (χ4n) is 2.00. The maximum Gasteiger partial charge on any atom is 0.200 e. The fourth-order valence-corrected chi connectivity index (χ4v) is 2.00. The third-order valence-corrected chi connectivity index (χ3v) is 2.87. The van der Waals surface area contributed by atoms with Crippen LogP contribution in [-0.2, 0) is 0 Å². The van der Waals surface area contributed by atoms with Gasteiger partial charge in [0.15, 0.2) is 0 Å². The van der Waals surface area contributed by atoms with Gasteiger partial charge in [-0.1, -0.05) is 18.1 Å². The average molecular weight is 250 g/mol. The zero-order valence-corrected chi connectivity index (χ0v) is 10.1. The first-order valence-corrected chi connectivity index (χ1v) is 5.81. The van der Waals surface area contributed by atoms with Crippen LogP contribution in [0.2, 0.25) is 0 Å². The van der Waals surface area contributed by atoms with Crippen molar-refractivity contribution in [2.45, 2.75) is 0 Å². The van der Waals surface area contributed by atoms with Gasteiger partial charge < -0.3 is 9.15 Å². The Kier molecular flexibility index (Phi) is 2.70. The molecule has 0 aliphatic rings. The lowest BCUT2D eigenvalue weighted by molar-refractivity contribution is 0.370. The second-order valence-electron chi connectivity index (χ2n) is 4.08. The molecule has 3 rings (SSSR count). The van der Waals surface area contributed by atoms with Gasteiger partial charge in [0.25, 0.3) is 0 Å². The lowest BCUT2D eigenvalue weighted by Gasteiger charge is -2.04. The van der Waals surface area contributed by atoms with Gasteiger partial charge in [-0.2, -0.15) is 0 Å². The van der Waals surface area contributed by atoms with E-state index in [4.69, 9.17) is 15.6 Å². The van der Waals surface area contributed by atoms with Crippen LogP contribution in [-0.4, -0.2) is 6.61 Å². The highest BCUT2D eigenvalue weighted by Crippen LogP contribution is 2.22. The van der Waals surface area contributed by atoms with E-state index >= 15 is 0 Å². The SMILES string of the molecule is C#CCOc1ccc2c(=O)c3ccccc3oc2c1. The molecule has 3 nitrogen and oxygen atoms in total. The molecule has 0 saturated carbocycles. The van der Waals surface area contributed by atoms with Crippen molar-refractivity contribution in [3.8, 4) is 18.1 Å². The summed E-state index contributed by atoms with van der Waals surface area (Å²) in [5.41, 5.74) is 1.02. The summed E-state index contributed by atoms with van der Waals surface area (Å²) < 4.78 is 11.0. The van der Waals surface area contributed by atoms with Crippen LogP contribution < -0.4 is 10.2 Å². The molecule has 0 atom stereocenters. The maximum absolute atomic E-state index is 12.3. The lowest BCUT2D eigenvalue weighted by atomic mass is 10.1. The minimum absolute atomic E-state index is 0.0413. The van der Waals surface area contributed by atoms with Crippen LogP contribution in [0.5, 0.6) is 5.75 Å². The standard InChI is InChI=1S/C16H10O3/c1-2-9-18-11-7-8-13-15(10-11)19-14-6-4-3-5-12(14)16(13)17/h1,3-8,10H,9H2. The van der Waals surface area contributed by atoms with Gasteiger partial charge in [0, 0.05) is 6.07 Å². The molecule has 19 heavy (non-hydrogen) atoms. The first kappa shape index (κ1) is 11.4. The Bertz CT molecular complexity index is 853. The second-order valence-corrected chi connectivity index (χ2v) is 4.08. The molecular formula is C16H10O3. The van der Waals surface area contributed by atoms with Crippen molar-refractivity contribution in [2.75, 3.05) is 6.61 Å². The number of benzene rings is 2. The number of para-hydroxylation sites is 1. The summed E-state index contributed by atoms with van der Waals surface area (Å²) in [7, 11) is 0. The topological polar surface area (TPSA) is 39.4 Å². The molecule has 92 valence electrons.